The lowest BCUT2D eigenvalue weighted by Gasteiger charge is -2.22. The molecule has 0 saturated carbocycles. The van der Waals surface area contributed by atoms with Crippen molar-refractivity contribution in [3.63, 3.8) is 0 Å². The highest BCUT2D eigenvalue weighted by Gasteiger charge is 2.10. The number of hydrogen-bond donors (Lipinski definition) is 1. The maximum atomic E-state index is 8.88. The number of aromatic nitrogens is 1. The molecule has 0 aromatic carbocycles. The highest BCUT2D eigenvalue weighted by molar-refractivity contribution is 5.51. The number of hydrogen-bond acceptors (Lipinski definition) is 4. The first kappa shape index (κ1) is 10.8. The summed E-state index contributed by atoms with van der Waals surface area (Å²) in [4.78, 5) is 6.20. The van der Waals surface area contributed by atoms with Gasteiger partial charge < -0.3 is 14.7 Å². The van der Waals surface area contributed by atoms with Crippen molar-refractivity contribution in [3.8, 4) is 5.75 Å². The standard InChI is InChI=1S/C10H16N2O2/c1-3-12(7-8-13)10-9(14-2)5-4-6-11-10/h4-6,13H,3,7-8H2,1-2H3. The largest absolute Gasteiger partial charge is 0.493 e. The Balaban J connectivity index is 2.90. The van der Waals surface area contributed by atoms with Gasteiger partial charge in [0.2, 0.25) is 0 Å². The van der Waals surface area contributed by atoms with Crippen LogP contribution in [-0.2, 0) is 0 Å². The van der Waals surface area contributed by atoms with Crippen molar-refractivity contribution in [2.75, 3.05) is 31.7 Å². The van der Waals surface area contributed by atoms with Crippen molar-refractivity contribution in [1.82, 2.24) is 4.98 Å². The quantitative estimate of drug-likeness (QED) is 0.760. The maximum Gasteiger partial charge on any atom is 0.171 e. The Morgan fingerprint density at radius 1 is 1.57 bits per heavy atom. The minimum Gasteiger partial charge on any atom is -0.493 e. The van der Waals surface area contributed by atoms with Crippen LogP contribution in [-0.4, -0.2) is 36.9 Å². The van der Waals surface area contributed by atoms with Gasteiger partial charge in [-0.1, -0.05) is 0 Å². The molecule has 4 nitrogen and oxygen atoms in total. The maximum absolute atomic E-state index is 8.88. The number of nitrogens with zero attached hydrogens (tertiary/aromatic N) is 2. The van der Waals surface area contributed by atoms with E-state index in [1.165, 1.54) is 0 Å². The Morgan fingerprint density at radius 2 is 2.36 bits per heavy atom. The van der Waals surface area contributed by atoms with Gasteiger partial charge in [0.1, 0.15) is 0 Å². The molecule has 0 radical (unpaired) electrons. The van der Waals surface area contributed by atoms with E-state index in [1.807, 2.05) is 24.0 Å². The van der Waals surface area contributed by atoms with Crippen molar-refractivity contribution in [2.24, 2.45) is 0 Å². The molecule has 0 fully saturated rings. The summed E-state index contributed by atoms with van der Waals surface area (Å²) < 4.78 is 5.19. The summed E-state index contributed by atoms with van der Waals surface area (Å²) in [6.45, 7) is 3.51. The highest BCUT2D eigenvalue weighted by atomic mass is 16.5. The molecule has 0 spiro atoms. The van der Waals surface area contributed by atoms with Crippen molar-refractivity contribution < 1.29 is 9.84 Å². The third kappa shape index (κ3) is 2.35. The van der Waals surface area contributed by atoms with E-state index in [0.717, 1.165) is 18.1 Å². The molecule has 0 saturated heterocycles. The fraction of sp³-hybridized carbons (Fsp3) is 0.500. The van der Waals surface area contributed by atoms with Gasteiger partial charge in [0.15, 0.2) is 11.6 Å². The van der Waals surface area contributed by atoms with Crippen LogP contribution in [0.5, 0.6) is 5.75 Å². The number of aliphatic hydroxyl groups is 1. The second-order valence-electron chi connectivity index (χ2n) is 2.83. The van der Waals surface area contributed by atoms with Crippen LogP contribution in [0.15, 0.2) is 18.3 Å². The predicted octanol–water partition coefficient (Wildman–Crippen LogP) is 0.909. The van der Waals surface area contributed by atoms with E-state index in [-0.39, 0.29) is 6.61 Å². The lowest BCUT2D eigenvalue weighted by molar-refractivity contribution is 0.301. The number of likely N-dealkylation sites (N-methyl/N-ethyl adjacent to an activating group) is 1. The number of pyridine rings is 1. The molecule has 0 aliphatic carbocycles. The zero-order valence-electron chi connectivity index (χ0n) is 8.60. The summed E-state index contributed by atoms with van der Waals surface area (Å²) in [5, 5.41) is 8.88. The van der Waals surface area contributed by atoms with Gasteiger partial charge in [-0.05, 0) is 19.1 Å². The van der Waals surface area contributed by atoms with Crippen molar-refractivity contribution in [2.45, 2.75) is 6.92 Å². The van der Waals surface area contributed by atoms with Crippen LogP contribution < -0.4 is 9.64 Å². The molecule has 1 aromatic rings. The van der Waals surface area contributed by atoms with E-state index in [4.69, 9.17) is 9.84 Å². The van der Waals surface area contributed by atoms with Crippen LogP contribution in [0.4, 0.5) is 5.82 Å². The molecule has 1 N–H and O–H groups in total. The van der Waals surface area contributed by atoms with Crippen LogP contribution >= 0.6 is 0 Å². The summed E-state index contributed by atoms with van der Waals surface area (Å²) in [6.07, 6.45) is 1.72. The molecule has 4 heteroatoms. The molecule has 14 heavy (non-hydrogen) atoms. The first-order chi connectivity index (χ1) is 6.83. The molecular formula is C10H16N2O2. The monoisotopic (exact) mass is 196 g/mol. The van der Waals surface area contributed by atoms with Crippen molar-refractivity contribution >= 4 is 5.82 Å². The lowest BCUT2D eigenvalue weighted by atomic mass is 10.3. The topological polar surface area (TPSA) is 45.6 Å². The van der Waals surface area contributed by atoms with Gasteiger partial charge in [0.25, 0.3) is 0 Å². The van der Waals surface area contributed by atoms with Crippen LogP contribution in [0, 0.1) is 0 Å². The van der Waals surface area contributed by atoms with Gasteiger partial charge in [0.05, 0.1) is 13.7 Å². The molecule has 0 amide bonds. The van der Waals surface area contributed by atoms with Crippen LogP contribution in [0.2, 0.25) is 0 Å². The number of anilines is 1. The zero-order valence-corrected chi connectivity index (χ0v) is 8.60. The summed E-state index contributed by atoms with van der Waals surface area (Å²) >= 11 is 0. The minimum atomic E-state index is 0.119. The molecule has 1 rings (SSSR count). The molecule has 0 aliphatic heterocycles. The zero-order chi connectivity index (χ0) is 10.4. The number of ether oxygens (including phenoxy) is 1. The minimum absolute atomic E-state index is 0.119. The average Bonchev–Trinajstić information content (AvgIpc) is 2.26. The summed E-state index contributed by atoms with van der Waals surface area (Å²) in [7, 11) is 1.62. The van der Waals surface area contributed by atoms with Crippen molar-refractivity contribution in [1.29, 1.82) is 0 Å². The molecule has 1 heterocycles. The Bertz CT molecular complexity index is 279. The number of rotatable bonds is 5. The van der Waals surface area contributed by atoms with Gasteiger partial charge >= 0.3 is 0 Å². The van der Waals surface area contributed by atoms with E-state index < -0.39 is 0 Å². The summed E-state index contributed by atoms with van der Waals surface area (Å²) in [5.74, 6) is 1.52. The van der Waals surface area contributed by atoms with Crippen LogP contribution in [0.1, 0.15) is 6.92 Å². The average molecular weight is 196 g/mol. The Kier molecular flexibility index (Phi) is 4.19. The Labute approximate surface area is 84.1 Å². The summed E-state index contributed by atoms with van der Waals surface area (Å²) in [5.41, 5.74) is 0. The van der Waals surface area contributed by atoms with E-state index in [9.17, 15) is 0 Å². The van der Waals surface area contributed by atoms with Crippen molar-refractivity contribution in [3.05, 3.63) is 18.3 Å². The molecule has 1 aromatic heterocycles. The SMILES string of the molecule is CCN(CCO)c1ncccc1OC. The second kappa shape index (κ2) is 5.44. The van der Waals surface area contributed by atoms with Gasteiger partial charge in [-0.25, -0.2) is 4.98 Å². The number of aliphatic hydroxyl groups excluding tert-OH is 1. The van der Waals surface area contributed by atoms with E-state index >= 15 is 0 Å². The van der Waals surface area contributed by atoms with Crippen LogP contribution in [0.3, 0.4) is 0 Å². The highest BCUT2D eigenvalue weighted by Crippen LogP contribution is 2.23. The first-order valence-electron chi connectivity index (χ1n) is 4.68. The van der Waals surface area contributed by atoms with E-state index in [1.54, 1.807) is 13.3 Å². The predicted molar refractivity (Wildman–Crippen MR) is 55.8 cm³/mol. The third-order valence-electron chi connectivity index (χ3n) is 2.02. The molecule has 0 bridgehead atoms. The Morgan fingerprint density at radius 3 is 2.93 bits per heavy atom. The van der Waals surface area contributed by atoms with Gasteiger partial charge in [0, 0.05) is 19.3 Å². The second-order valence-corrected chi connectivity index (χ2v) is 2.83. The normalized spacial score (nSPS) is 9.93. The molecular weight excluding hydrogens is 180 g/mol. The van der Waals surface area contributed by atoms with E-state index in [0.29, 0.717) is 6.54 Å². The molecule has 0 unspecified atom stereocenters. The van der Waals surface area contributed by atoms with Gasteiger partial charge in [-0.15, -0.1) is 0 Å². The summed E-state index contributed by atoms with van der Waals surface area (Å²) in [6, 6.07) is 3.69. The van der Waals surface area contributed by atoms with E-state index in [2.05, 4.69) is 4.98 Å². The van der Waals surface area contributed by atoms with Crippen LogP contribution in [0.25, 0.3) is 0 Å². The lowest BCUT2D eigenvalue weighted by Crippen LogP contribution is -2.27. The molecule has 0 aliphatic rings. The molecule has 0 atom stereocenters. The number of methoxy groups -OCH3 is 1. The fourth-order valence-corrected chi connectivity index (χ4v) is 1.31. The van der Waals surface area contributed by atoms with Gasteiger partial charge in [-0.2, -0.15) is 0 Å². The Hall–Kier alpha value is -1.29. The first-order valence-corrected chi connectivity index (χ1v) is 4.68. The smallest absolute Gasteiger partial charge is 0.171 e. The third-order valence-corrected chi connectivity index (χ3v) is 2.02. The molecule has 78 valence electrons. The van der Waals surface area contributed by atoms with Gasteiger partial charge in [-0.3, -0.25) is 0 Å². The fourth-order valence-electron chi connectivity index (χ4n) is 1.31.